The summed E-state index contributed by atoms with van der Waals surface area (Å²) in [6, 6.07) is 0. The maximum absolute atomic E-state index is 13.9. The number of carbonyl (C=O) groups excluding carboxylic acids is 1. The predicted molar refractivity (Wildman–Crippen MR) is 260 cm³/mol. The molecular formula is C54H86O22. The van der Waals surface area contributed by atoms with Gasteiger partial charge in [-0.2, -0.15) is 0 Å². The summed E-state index contributed by atoms with van der Waals surface area (Å²) in [7, 11) is 0. The van der Waals surface area contributed by atoms with E-state index in [0.29, 0.717) is 44.9 Å². The van der Waals surface area contributed by atoms with Gasteiger partial charge in [0.1, 0.15) is 84.4 Å². The second-order valence-electron chi connectivity index (χ2n) is 26.2. The molecule has 0 aromatic rings. The van der Waals surface area contributed by atoms with Gasteiger partial charge in [0.2, 0.25) is 0 Å². The van der Waals surface area contributed by atoms with E-state index in [9.17, 15) is 66.1 Å². The summed E-state index contributed by atoms with van der Waals surface area (Å²) < 4.78 is 56.4. The second-order valence-corrected chi connectivity index (χ2v) is 26.2. The second kappa shape index (κ2) is 19.8. The zero-order chi connectivity index (χ0) is 55.4. The number of fused-ring (bicyclic) bond motifs is 7. The van der Waals surface area contributed by atoms with Crippen LogP contribution in [0.4, 0.5) is 0 Å². The highest BCUT2D eigenvalue weighted by molar-refractivity contribution is 5.86. The van der Waals surface area contributed by atoms with E-state index in [2.05, 4.69) is 34.6 Å². The molecule has 0 radical (unpaired) electrons. The van der Waals surface area contributed by atoms with Gasteiger partial charge in [0.05, 0.1) is 49.7 Å². The lowest BCUT2D eigenvalue weighted by Gasteiger charge is -2.73. The standard InChI is InChI=1S/C54H86O22/c1-22-31(59)27(19-55)71-46(38(22)73-44-37(65)35(63)33(61)28(20-56)70-44)74-39-26(58)21-68-45(40(39)75-43-36(64)34(62)32(60)23(2)69-43)72-30-11-12-49(5)29(48(30,3)4)10-13-51(7)42(49)25(57)18-24-41-53(9,67)52(8)15-17-54(41,47(66)76-52)16-14-50(24,51)6/h22-23,25-40,42-46,55-65,67H,10-21H2,1-9H3/t22-,23-,25-,26-,27+,28+,29+,30-,31-,32-,33+,34+,35-,36+,37+,38+,39-,40+,42+,43-,44-,45+,46-,49-,50+,51+,52-,53-,54+/m0/s1. The molecule has 1 spiro atoms. The van der Waals surface area contributed by atoms with Crippen LogP contribution in [0.3, 0.4) is 0 Å². The number of esters is 1. The van der Waals surface area contributed by atoms with E-state index in [1.807, 2.05) is 6.92 Å². The fourth-order valence-corrected chi connectivity index (χ4v) is 17.2. The van der Waals surface area contributed by atoms with Gasteiger partial charge in [-0.05, 0) is 118 Å². The molecule has 434 valence electrons. The van der Waals surface area contributed by atoms with E-state index >= 15 is 0 Å². The normalized spacial score (nSPS) is 57.0. The Morgan fingerprint density at radius 3 is 1.84 bits per heavy atom. The summed E-state index contributed by atoms with van der Waals surface area (Å²) in [4.78, 5) is 13.9. The minimum atomic E-state index is -1.86. The lowest BCUT2D eigenvalue weighted by Crippen LogP contribution is -2.72. The molecule has 0 amide bonds. The van der Waals surface area contributed by atoms with E-state index in [-0.39, 0.29) is 17.8 Å². The van der Waals surface area contributed by atoms with Crippen LogP contribution in [-0.4, -0.2) is 221 Å². The Morgan fingerprint density at radius 1 is 0.592 bits per heavy atom. The summed E-state index contributed by atoms with van der Waals surface area (Å²) in [5, 5.41) is 134. The molecule has 6 saturated heterocycles. The van der Waals surface area contributed by atoms with E-state index in [4.69, 9.17) is 42.6 Å². The largest absolute Gasteiger partial charge is 0.455 e. The summed E-state index contributed by atoms with van der Waals surface area (Å²) in [6.07, 6.45) is -23.8. The van der Waals surface area contributed by atoms with E-state index in [0.717, 1.165) is 24.0 Å². The molecule has 11 rings (SSSR count). The molecule has 6 aliphatic heterocycles. The third kappa shape index (κ3) is 8.34. The Labute approximate surface area is 443 Å². The zero-order valence-electron chi connectivity index (χ0n) is 45.2. The lowest BCUT2D eigenvalue weighted by atomic mass is 9.33. The molecule has 12 N–H and O–H groups in total. The minimum absolute atomic E-state index is 0.0252. The van der Waals surface area contributed by atoms with Gasteiger partial charge < -0.3 is 104 Å². The average Bonchev–Trinajstić information content (AvgIpc) is 3.56. The predicted octanol–water partition coefficient (Wildman–Crippen LogP) is -0.847. The minimum Gasteiger partial charge on any atom is -0.455 e. The van der Waals surface area contributed by atoms with Crippen LogP contribution < -0.4 is 0 Å². The molecule has 22 nitrogen and oxygen atoms in total. The van der Waals surface area contributed by atoms with Gasteiger partial charge in [-0.15, -0.1) is 0 Å². The number of rotatable bonds is 10. The molecule has 6 heterocycles. The van der Waals surface area contributed by atoms with Crippen molar-refractivity contribution in [3.05, 3.63) is 11.1 Å². The van der Waals surface area contributed by atoms with Gasteiger partial charge >= 0.3 is 5.97 Å². The zero-order valence-corrected chi connectivity index (χ0v) is 45.2. The van der Waals surface area contributed by atoms with Crippen molar-refractivity contribution in [2.75, 3.05) is 19.8 Å². The smallest absolute Gasteiger partial charge is 0.316 e. The molecule has 0 aromatic heterocycles. The van der Waals surface area contributed by atoms with Crippen LogP contribution >= 0.6 is 0 Å². The number of aliphatic hydroxyl groups excluding tert-OH is 11. The number of hydrogen-bond donors (Lipinski definition) is 12. The molecule has 2 bridgehead atoms. The maximum Gasteiger partial charge on any atom is 0.316 e. The van der Waals surface area contributed by atoms with Gasteiger partial charge in [0, 0.05) is 5.92 Å². The number of aliphatic hydroxyl groups is 12. The van der Waals surface area contributed by atoms with Crippen LogP contribution in [0.5, 0.6) is 0 Å². The number of hydrogen-bond acceptors (Lipinski definition) is 22. The third-order valence-corrected chi connectivity index (χ3v) is 22.1. The van der Waals surface area contributed by atoms with Crippen molar-refractivity contribution in [3.8, 4) is 0 Å². The first kappa shape index (κ1) is 57.6. The molecule has 76 heavy (non-hydrogen) atoms. The van der Waals surface area contributed by atoms with Crippen LogP contribution in [0.1, 0.15) is 120 Å². The van der Waals surface area contributed by atoms with Gasteiger partial charge in [-0.25, -0.2) is 0 Å². The highest BCUT2D eigenvalue weighted by Gasteiger charge is 2.75. The van der Waals surface area contributed by atoms with Crippen molar-refractivity contribution in [1.82, 2.24) is 0 Å². The van der Waals surface area contributed by atoms with Crippen LogP contribution in [0, 0.1) is 44.8 Å². The first-order chi connectivity index (χ1) is 35.5. The van der Waals surface area contributed by atoms with Gasteiger partial charge in [-0.3, -0.25) is 4.79 Å². The Hall–Kier alpha value is -1.59. The van der Waals surface area contributed by atoms with Gasteiger partial charge in [0.25, 0.3) is 0 Å². The van der Waals surface area contributed by atoms with E-state index in [1.165, 1.54) is 6.92 Å². The SMILES string of the molecule is C[C@H]1[C@H](O)[C@@H](CO)O[C@@H](O[C@@H]2[C@@H](O[C@@H]3O[C@@H](C)[C@H](O)[C@@H](O)[C@H]3O)[C@@H](O[C@H]3CC[C@@]4(C)[C@H](CC[C@]5(C)[C@@H]4[C@@H](O)CC4=C6[C@]7(CC[C@](C)(OC7=O)[C@@]6(C)O)CC[C@]45C)C3(C)C)OC[C@@H]2O)[C@@H]1O[C@@H]1O[C@H](CO)[C@@H](O)[C@H](O)[C@H]1O. The van der Waals surface area contributed by atoms with Crippen molar-refractivity contribution in [2.45, 2.75) is 254 Å². The van der Waals surface area contributed by atoms with Crippen LogP contribution in [0.2, 0.25) is 0 Å². The van der Waals surface area contributed by atoms with Crippen molar-refractivity contribution in [2.24, 2.45) is 44.8 Å². The molecular weight excluding hydrogens is 1000 g/mol. The van der Waals surface area contributed by atoms with E-state index in [1.54, 1.807) is 13.8 Å². The molecule has 29 atom stereocenters. The molecule has 11 aliphatic rings. The topological polar surface area (TPSA) is 343 Å². The Bertz CT molecular complexity index is 2200. The molecule has 0 aromatic carbocycles. The van der Waals surface area contributed by atoms with Crippen molar-refractivity contribution in [1.29, 1.82) is 0 Å². The summed E-state index contributed by atoms with van der Waals surface area (Å²) in [5.41, 5.74) is -3.57. The Balaban J connectivity index is 0.946. The highest BCUT2D eigenvalue weighted by Crippen LogP contribution is 2.77. The van der Waals surface area contributed by atoms with E-state index < -0.39 is 187 Å². The van der Waals surface area contributed by atoms with Crippen LogP contribution in [0.25, 0.3) is 0 Å². The number of carbonyl (C=O) groups is 1. The molecule has 4 saturated carbocycles. The molecule has 5 aliphatic carbocycles. The first-order valence-corrected chi connectivity index (χ1v) is 27.7. The highest BCUT2D eigenvalue weighted by atomic mass is 16.8. The van der Waals surface area contributed by atoms with Crippen molar-refractivity contribution >= 4 is 5.97 Å². The van der Waals surface area contributed by atoms with Gasteiger partial charge in [-0.1, -0.05) is 47.1 Å². The third-order valence-electron chi connectivity index (χ3n) is 22.1. The van der Waals surface area contributed by atoms with Crippen LogP contribution in [0.15, 0.2) is 11.1 Å². The average molecular weight is 1090 g/mol. The molecule has 22 heteroatoms. The summed E-state index contributed by atoms with van der Waals surface area (Å²) in [5.74, 6) is -1.45. The fraction of sp³-hybridized carbons (Fsp3) is 0.944. The van der Waals surface area contributed by atoms with Crippen molar-refractivity contribution in [3.63, 3.8) is 0 Å². The Kier molecular flexibility index (Phi) is 15.0. The molecule has 0 unspecified atom stereocenters. The first-order valence-electron chi connectivity index (χ1n) is 27.7. The maximum atomic E-state index is 13.9. The number of ether oxygens (including phenoxy) is 9. The quantitative estimate of drug-likeness (QED) is 0.0720. The molecule has 10 fully saturated rings. The summed E-state index contributed by atoms with van der Waals surface area (Å²) >= 11 is 0. The lowest BCUT2D eigenvalue weighted by molar-refractivity contribution is -0.398. The van der Waals surface area contributed by atoms with Gasteiger partial charge in [0.15, 0.2) is 25.2 Å². The van der Waals surface area contributed by atoms with Crippen LogP contribution in [-0.2, 0) is 47.4 Å². The summed E-state index contributed by atoms with van der Waals surface area (Å²) in [6.45, 7) is 15.9. The van der Waals surface area contributed by atoms with Crippen molar-refractivity contribution < 1.29 is 109 Å². The monoisotopic (exact) mass is 1090 g/mol. The Morgan fingerprint density at radius 2 is 1.18 bits per heavy atom. The fourth-order valence-electron chi connectivity index (χ4n) is 17.2.